The van der Waals surface area contributed by atoms with Crippen molar-refractivity contribution in [2.75, 3.05) is 10.6 Å². The smallest absolute Gasteiger partial charge is 0.247 e. The van der Waals surface area contributed by atoms with Crippen LogP contribution >= 0.6 is 0 Å². The van der Waals surface area contributed by atoms with E-state index in [0.717, 1.165) is 11.3 Å². The molecule has 1 heterocycles. The van der Waals surface area contributed by atoms with Crippen LogP contribution in [0.5, 0.6) is 0 Å². The third-order valence-corrected chi connectivity index (χ3v) is 3.88. The molecule has 0 radical (unpaired) electrons. The number of para-hydroxylation sites is 1. The Labute approximate surface area is 152 Å². The van der Waals surface area contributed by atoms with Gasteiger partial charge >= 0.3 is 0 Å². The molecule has 0 spiro atoms. The lowest BCUT2D eigenvalue weighted by Crippen LogP contribution is -2.37. The number of nitrogens with zero attached hydrogens (tertiary/aromatic N) is 2. The highest BCUT2D eigenvalue weighted by Gasteiger charge is 2.21. The summed E-state index contributed by atoms with van der Waals surface area (Å²) >= 11 is 0. The number of nitrogens with one attached hydrogen (secondary N) is 2. The second kappa shape index (κ2) is 8.45. The van der Waals surface area contributed by atoms with Crippen LogP contribution in [-0.4, -0.2) is 16.9 Å². The topological polar surface area (TPSA) is 77.8 Å². The van der Waals surface area contributed by atoms with Crippen molar-refractivity contribution >= 4 is 17.4 Å². The summed E-state index contributed by atoms with van der Waals surface area (Å²) in [6.07, 6.45) is 2.07. The quantitative estimate of drug-likeness (QED) is 0.717. The van der Waals surface area contributed by atoms with Crippen molar-refractivity contribution < 1.29 is 4.79 Å². The molecule has 0 saturated carbocycles. The Kier molecular flexibility index (Phi) is 5.58. The molecule has 0 bridgehead atoms. The summed E-state index contributed by atoms with van der Waals surface area (Å²) < 4.78 is 0. The van der Waals surface area contributed by atoms with Gasteiger partial charge in [-0.05, 0) is 29.8 Å². The third-order valence-electron chi connectivity index (χ3n) is 3.88. The van der Waals surface area contributed by atoms with E-state index >= 15 is 0 Å². The zero-order valence-corrected chi connectivity index (χ0v) is 14.1. The van der Waals surface area contributed by atoms with Gasteiger partial charge in [0.05, 0.1) is 5.56 Å². The van der Waals surface area contributed by atoms with E-state index in [1.165, 1.54) is 0 Å². The zero-order chi connectivity index (χ0) is 18.2. The van der Waals surface area contributed by atoms with Gasteiger partial charge in [-0.2, -0.15) is 5.26 Å². The first-order chi connectivity index (χ1) is 12.8. The number of hydrogen-bond acceptors (Lipinski definition) is 4. The molecule has 1 atom stereocenters. The molecular weight excluding hydrogens is 324 g/mol. The van der Waals surface area contributed by atoms with E-state index in [4.69, 9.17) is 0 Å². The van der Waals surface area contributed by atoms with Crippen LogP contribution in [0.2, 0.25) is 0 Å². The number of aromatic nitrogens is 1. The predicted molar refractivity (Wildman–Crippen MR) is 102 cm³/mol. The van der Waals surface area contributed by atoms with Gasteiger partial charge in [0, 0.05) is 18.3 Å². The largest absolute Gasteiger partial charge is 0.357 e. The van der Waals surface area contributed by atoms with Crippen LogP contribution in [0, 0.1) is 11.3 Å². The molecular formula is C21H18N4O. The third kappa shape index (κ3) is 4.46. The van der Waals surface area contributed by atoms with Crippen molar-refractivity contribution in [2.45, 2.75) is 12.5 Å². The summed E-state index contributed by atoms with van der Waals surface area (Å²) in [5.41, 5.74) is 2.14. The molecule has 26 heavy (non-hydrogen) atoms. The summed E-state index contributed by atoms with van der Waals surface area (Å²) in [6.45, 7) is 0. The first kappa shape index (κ1) is 17.2. The molecule has 5 heteroatoms. The van der Waals surface area contributed by atoms with Crippen molar-refractivity contribution in [2.24, 2.45) is 0 Å². The Morgan fingerprint density at radius 3 is 2.38 bits per heavy atom. The van der Waals surface area contributed by atoms with Crippen molar-refractivity contribution in [3.05, 3.63) is 90.1 Å². The fraction of sp³-hybridized carbons (Fsp3) is 0.0952. The maximum absolute atomic E-state index is 12.8. The molecule has 2 N–H and O–H groups in total. The van der Waals surface area contributed by atoms with E-state index in [9.17, 15) is 10.1 Å². The van der Waals surface area contributed by atoms with Gasteiger partial charge in [-0.25, -0.2) is 4.98 Å². The number of carbonyl (C=O) groups excluding carboxylic acids is 1. The van der Waals surface area contributed by atoms with Crippen LogP contribution in [-0.2, 0) is 11.2 Å². The van der Waals surface area contributed by atoms with Crippen molar-refractivity contribution in [3.8, 4) is 6.07 Å². The van der Waals surface area contributed by atoms with E-state index in [0.29, 0.717) is 17.8 Å². The second-order valence-corrected chi connectivity index (χ2v) is 5.75. The Bertz CT molecular complexity index is 904. The van der Waals surface area contributed by atoms with Crippen molar-refractivity contribution in [1.82, 2.24) is 4.98 Å². The number of pyridine rings is 1. The van der Waals surface area contributed by atoms with Gasteiger partial charge in [-0.15, -0.1) is 0 Å². The SMILES string of the molecule is N#Cc1cccnc1N[C@H](Cc1ccccc1)C(=O)Nc1ccccc1. The standard InChI is InChI=1S/C21H18N4O/c22-15-17-10-7-13-23-20(17)25-19(14-16-8-3-1-4-9-16)21(26)24-18-11-5-2-6-12-18/h1-13,19H,14H2,(H,23,25)(H,24,26)/t19-/m1/s1. The Hall–Kier alpha value is -3.65. The molecule has 0 aliphatic carbocycles. The fourth-order valence-corrected chi connectivity index (χ4v) is 2.59. The maximum atomic E-state index is 12.8. The molecule has 1 amide bonds. The average Bonchev–Trinajstić information content (AvgIpc) is 2.69. The Morgan fingerprint density at radius 2 is 1.69 bits per heavy atom. The Morgan fingerprint density at radius 1 is 1.00 bits per heavy atom. The van der Waals surface area contributed by atoms with Crippen molar-refractivity contribution in [3.63, 3.8) is 0 Å². The second-order valence-electron chi connectivity index (χ2n) is 5.75. The number of nitriles is 1. The van der Waals surface area contributed by atoms with Gasteiger partial charge in [-0.1, -0.05) is 48.5 Å². The Balaban J connectivity index is 1.83. The van der Waals surface area contributed by atoms with Crippen LogP contribution in [0.15, 0.2) is 79.0 Å². The van der Waals surface area contributed by atoms with E-state index in [1.54, 1.807) is 18.3 Å². The summed E-state index contributed by atoms with van der Waals surface area (Å²) in [5.74, 6) is 0.216. The van der Waals surface area contributed by atoms with E-state index < -0.39 is 6.04 Å². The molecule has 128 valence electrons. The molecule has 5 nitrogen and oxygen atoms in total. The number of hydrogen-bond donors (Lipinski definition) is 2. The van der Waals surface area contributed by atoms with Crippen LogP contribution in [0.1, 0.15) is 11.1 Å². The molecule has 3 aromatic rings. The van der Waals surface area contributed by atoms with Gasteiger partial charge in [0.25, 0.3) is 0 Å². The van der Waals surface area contributed by atoms with Gasteiger partial charge in [0.2, 0.25) is 5.91 Å². The number of rotatable bonds is 6. The van der Waals surface area contributed by atoms with Crippen LogP contribution in [0.3, 0.4) is 0 Å². The lowest BCUT2D eigenvalue weighted by Gasteiger charge is -2.19. The number of anilines is 2. The highest BCUT2D eigenvalue weighted by molar-refractivity contribution is 5.96. The molecule has 0 aliphatic rings. The molecule has 0 aliphatic heterocycles. The summed E-state index contributed by atoms with van der Waals surface area (Å²) in [4.78, 5) is 17.0. The number of benzene rings is 2. The first-order valence-corrected chi connectivity index (χ1v) is 8.28. The minimum atomic E-state index is -0.570. The summed E-state index contributed by atoms with van der Waals surface area (Å²) in [5, 5.41) is 15.3. The van der Waals surface area contributed by atoms with Crippen LogP contribution in [0.4, 0.5) is 11.5 Å². The fourth-order valence-electron chi connectivity index (χ4n) is 2.59. The molecule has 0 fully saturated rings. The first-order valence-electron chi connectivity index (χ1n) is 8.28. The molecule has 0 saturated heterocycles. The van der Waals surface area contributed by atoms with Gasteiger partial charge in [0.15, 0.2) is 0 Å². The predicted octanol–water partition coefficient (Wildman–Crippen LogP) is 3.62. The van der Waals surface area contributed by atoms with Gasteiger partial charge in [0.1, 0.15) is 17.9 Å². The molecule has 3 rings (SSSR count). The molecule has 1 aromatic heterocycles. The molecule has 0 unspecified atom stereocenters. The minimum absolute atomic E-state index is 0.186. The lowest BCUT2D eigenvalue weighted by molar-refractivity contribution is -0.116. The normalized spacial score (nSPS) is 11.2. The van der Waals surface area contributed by atoms with E-state index in [1.807, 2.05) is 60.7 Å². The average molecular weight is 342 g/mol. The molecule has 2 aromatic carbocycles. The summed E-state index contributed by atoms with van der Waals surface area (Å²) in [7, 11) is 0. The number of amides is 1. The number of carbonyl (C=O) groups is 1. The van der Waals surface area contributed by atoms with E-state index in [-0.39, 0.29) is 5.91 Å². The van der Waals surface area contributed by atoms with Crippen LogP contribution in [0.25, 0.3) is 0 Å². The van der Waals surface area contributed by atoms with Gasteiger partial charge in [-0.3, -0.25) is 4.79 Å². The summed E-state index contributed by atoms with van der Waals surface area (Å²) in [6, 6.07) is 23.9. The zero-order valence-electron chi connectivity index (χ0n) is 14.1. The van der Waals surface area contributed by atoms with Crippen LogP contribution < -0.4 is 10.6 Å². The highest BCUT2D eigenvalue weighted by Crippen LogP contribution is 2.15. The highest BCUT2D eigenvalue weighted by atomic mass is 16.2. The van der Waals surface area contributed by atoms with E-state index in [2.05, 4.69) is 21.7 Å². The van der Waals surface area contributed by atoms with Crippen molar-refractivity contribution in [1.29, 1.82) is 5.26 Å². The monoisotopic (exact) mass is 342 g/mol. The maximum Gasteiger partial charge on any atom is 0.247 e. The lowest BCUT2D eigenvalue weighted by atomic mass is 10.0. The minimum Gasteiger partial charge on any atom is -0.357 e. The van der Waals surface area contributed by atoms with Gasteiger partial charge < -0.3 is 10.6 Å².